The van der Waals surface area contributed by atoms with E-state index in [0.29, 0.717) is 38.5 Å². The zero-order valence-corrected chi connectivity index (χ0v) is 24.0. The van der Waals surface area contributed by atoms with E-state index in [-0.39, 0.29) is 25.0 Å². The lowest BCUT2D eigenvalue weighted by Gasteiger charge is -2.44. The molecule has 0 saturated carbocycles. The van der Waals surface area contributed by atoms with E-state index in [1.165, 1.54) is 6.92 Å². The van der Waals surface area contributed by atoms with Gasteiger partial charge in [-0.05, 0) is 11.0 Å². The van der Waals surface area contributed by atoms with Crippen molar-refractivity contribution >= 4 is 11.9 Å². The first-order valence-corrected chi connectivity index (χ1v) is 13.9. The first-order valence-electron chi connectivity index (χ1n) is 13.9. The predicted molar refractivity (Wildman–Crippen MR) is 155 cm³/mol. The number of urea groups is 1. The topological polar surface area (TPSA) is 87.7 Å². The van der Waals surface area contributed by atoms with Gasteiger partial charge >= 0.3 is 6.03 Å². The van der Waals surface area contributed by atoms with Gasteiger partial charge in [0.25, 0.3) is 0 Å². The number of piperazine rings is 1. The standard InChI is InChI=1S/C31H41FN6O2/c1-23(39)35-15-17-36(18-16-35)30(40)38(21-26(32)19-33)28(31(2,3)4)29-34-27(25-13-9-6-10-14-25)22-37(29)20-24-11-7-5-8-12-24/h5-14,22,26,28H,15-21,33H2,1-4H3/t26-,28+/m1/s1. The fraction of sp³-hybridized carbons (Fsp3) is 0.452. The molecule has 2 heterocycles. The number of benzene rings is 2. The molecule has 0 unspecified atom stereocenters. The molecule has 214 valence electrons. The molecule has 0 spiro atoms. The maximum atomic E-state index is 15.0. The van der Waals surface area contributed by atoms with Crippen LogP contribution in [0.1, 0.15) is 45.1 Å². The minimum absolute atomic E-state index is 0.0140. The Morgan fingerprint density at radius 2 is 1.55 bits per heavy atom. The summed E-state index contributed by atoms with van der Waals surface area (Å²) >= 11 is 0. The van der Waals surface area contributed by atoms with Gasteiger partial charge in [-0.15, -0.1) is 0 Å². The summed E-state index contributed by atoms with van der Waals surface area (Å²) in [6, 6.07) is 19.2. The molecule has 1 saturated heterocycles. The summed E-state index contributed by atoms with van der Waals surface area (Å²) in [5.74, 6) is 0.676. The van der Waals surface area contributed by atoms with Crippen molar-refractivity contribution in [2.24, 2.45) is 11.1 Å². The van der Waals surface area contributed by atoms with E-state index in [1.807, 2.05) is 75.5 Å². The van der Waals surface area contributed by atoms with E-state index in [2.05, 4.69) is 16.7 Å². The second-order valence-electron chi connectivity index (χ2n) is 11.5. The highest BCUT2D eigenvalue weighted by atomic mass is 19.1. The zero-order valence-electron chi connectivity index (χ0n) is 24.0. The average Bonchev–Trinajstić information content (AvgIpc) is 3.35. The third kappa shape index (κ3) is 6.88. The second-order valence-corrected chi connectivity index (χ2v) is 11.5. The van der Waals surface area contributed by atoms with E-state index >= 15 is 4.39 Å². The Kier molecular flexibility index (Phi) is 9.25. The molecule has 0 radical (unpaired) electrons. The molecule has 1 aliphatic heterocycles. The van der Waals surface area contributed by atoms with E-state index in [9.17, 15) is 9.59 Å². The third-order valence-corrected chi connectivity index (χ3v) is 7.34. The molecule has 2 atom stereocenters. The summed E-state index contributed by atoms with van der Waals surface area (Å²) in [5, 5.41) is 0. The molecule has 8 nitrogen and oxygen atoms in total. The quantitative estimate of drug-likeness (QED) is 0.447. The molecule has 40 heavy (non-hydrogen) atoms. The summed E-state index contributed by atoms with van der Waals surface area (Å²) in [5.41, 5.74) is 8.08. The molecule has 1 fully saturated rings. The monoisotopic (exact) mass is 548 g/mol. The van der Waals surface area contributed by atoms with Gasteiger partial charge in [-0.25, -0.2) is 14.2 Å². The highest BCUT2D eigenvalue weighted by Gasteiger charge is 2.41. The van der Waals surface area contributed by atoms with Gasteiger partial charge in [0, 0.05) is 58.0 Å². The lowest BCUT2D eigenvalue weighted by Crippen LogP contribution is -2.56. The Labute approximate surface area is 236 Å². The molecule has 9 heteroatoms. The Morgan fingerprint density at radius 1 is 0.975 bits per heavy atom. The maximum Gasteiger partial charge on any atom is 0.320 e. The van der Waals surface area contributed by atoms with Crippen LogP contribution in [0.15, 0.2) is 66.9 Å². The summed E-state index contributed by atoms with van der Waals surface area (Å²) in [7, 11) is 0. The number of carbonyl (C=O) groups excluding carboxylic acids is 2. The van der Waals surface area contributed by atoms with Gasteiger partial charge in [-0.2, -0.15) is 0 Å². The van der Waals surface area contributed by atoms with Crippen molar-refractivity contribution in [2.75, 3.05) is 39.3 Å². The van der Waals surface area contributed by atoms with Crippen LogP contribution in [0.3, 0.4) is 0 Å². The van der Waals surface area contributed by atoms with E-state index in [4.69, 9.17) is 10.7 Å². The van der Waals surface area contributed by atoms with Crippen LogP contribution >= 0.6 is 0 Å². The van der Waals surface area contributed by atoms with Gasteiger partial charge in [-0.1, -0.05) is 81.4 Å². The van der Waals surface area contributed by atoms with Gasteiger partial charge in [0.15, 0.2) is 0 Å². The van der Waals surface area contributed by atoms with Crippen molar-refractivity contribution in [1.82, 2.24) is 24.3 Å². The molecule has 2 N–H and O–H groups in total. The molecule has 1 aliphatic rings. The third-order valence-electron chi connectivity index (χ3n) is 7.34. The molecule has 0 bridgehead atoms. The SMILES string of the molecule is CC(=O)N1CCN(C(=O)N(C[C@H](F)CN)[C@@H](c2nc(-c3ccccc3)cn2Cc2ccccc2)C(C)(C)C)CC1. The summed E-state index contributed by atoms with van der Waals surface area (Å²) in [6.07, 6.45) is 0.624. The van der Waals surface area contributed by atoms with E-state index in [0.717, 1.165) is 16.8 Å². The van der Waals surface area contributed by atoms with Gasteiger partial charge in [0.2, 0.25) is 5.91 Å². The van der Waals surface area contributed by atoms with Crippen LogP contribution < -0.4 is 5.73 Å². The first-order chi connectivity index (χ1) is 19.1. The van der Waals surface area contributed by atoms with Crippen molar-refractivity contribution in [1.29, 1.82) is 0 Å². The minimum Gasteiger partial charge on any atom is -0.339 e. The number of rotatable bonds is 8. The Bertz CT molecular complexity index is 1270. The average molecular weight is 549 g/mol. The second kappa shape index (κ2) is 12.6. The van der Waals surface area contributed by atoms with Crippen LogP contribution in [0.5, 0.6) is 0 Å². The van der Waals surface area contributed by atoms with Crippen LogP contribution in [0, 0.1) is 5.41 Å². The number of amides is 3. The number of hydrogen-bond acceptors (Lipinski definition) is 4. The van der Waals surface area contributed by atoms with Crippen LogP contribution in [0.25, 0.3) is 11.3 Å². The number of carbonyl (C=O) groups is 2. The number of nitrogens with zero attached hydrogens (tertiary/aromatic N) is 5. The summed E-state index contributed by atoms with van der Waals surface area (Å²) < 4.78 is 17.1. The summed E-state index contributed by atoms with van der Waals surface area (Å²) in [4.78, 5) is 36.2. The van der Waals surface area contributed by atoms with Crippen LogP contribution in [-0.4, -0.2) is 81.6 Å². The lowest BCUT2D eigenvalue weighted by molar-refractivity contribution is -0.130. The normalized spacial score (nSPS) is 15.6. The molecular formula is C31H41FN6O2. The molecule has 3 amide bonds. The minimum atomic E-state index is -1.39. The molecule has 0 aliphatic carbocycles. The summed E-state index contributed by atoms with van der Waals surface area (Å²) in [6.45, 7) is 9.57. The number of nitrogens with two attached hydrogens (primary N) is 1. The maximum absolute atomic E-state index is 15.0. The van der Waals surface area contributed by atoms with E-state index in [1.54, 1.807) is 14.7 Å². The molecular weight excluding hydrogens is 507 g/mol. The Morgan fingerprint density at radius 3 is 2.10 bits per heavy atom. The van der Waals surface area contributed by atoms with Crippen molar-refractivity contribution in [3.8, 4) is 11.3 Å². The van der Waals surface area contributed by atoms with Crippen molar-refractivity contribution < 1.29 is 14.0 Å². The lowest BCUT2D eigenvalue weighted by atomic mass is 9.84. The fourth-order valence-electron chi connectivity index (χ4n) is 5.27. The van der Waals surface area contributed by atoms with Gasteiger partial charge in [-0.3, -0.25) is 4.79 Å². The van der Waals surface area contributed by atoms with Crippen LogP contribution in [0.4, 0.5) is 9.18 Å². The van der Waals surface area contributed by atoms with Gasteiger partial charge < -0.3 is 25.0 Å². The van der Waals surface area contributed by atoms with Crippen LogP contribution in [-0.2, 0) is 11.3 Å². The number of aromatic nitrogens is 2. The van der Waals surface area contributed by atoms with Gasteiger partial charge in [0.1, 0.15) is 12.0 Å². The van der Waals surface area contributed by atoms with Crippen molar-refractivity contribution in [2.45, 2.75) is 46.5 Å². The first kappa shape index (κ1) is 29.3. The largest absolute Gasteiger partial charge is 0.339 e. The molecule has 4 rings (SSSR count). The molecule has 1 aromatic heterocycles. The van der Waals surface area contributed by atoms with Gasteiger partial charge in [0.05, 0.1) is 18.3 Å². The number of imidazole rings is 1. The zero-order chi connectivity index (χ0) is 28.9. The highest BCUT2D eigenvalue weighted by molar-refractivity contribution is 5.77. The number of alkyl halides is 1. The molecule has 2 aromatic carbocycles. The number of halogens is 1. The smallest absolute Gasteiger partial charge is 0.320 e. The Balaban J connectivity index is 1.79. The fourth-order valence-corrected chi connectivity index (χ4v) is 5.27. The predicted octanol–water partition coefficient (Wildman–Crippen LogP) is 4.57. The van der Waals surface area contributed by atoms with Crippen molar-refractivity contribution in [3.63, 3.8) is 0 Å². The number of hydrogen-bond donors (Lipinski definition) is 1. The van der Waals surface area contributed by atoms with Crippen molar-refractivity contribution in [3.05, 3.63) is 78.2 Å². The van der Waals surface area contributed by atoms with E-state index < -0.39 is 17.6 Å². The van der Waals surface area contributed by atoms with Crippen LogP contribution in [0.2, 0.25) is 0 Å². The Hall–Kier alpha value is -3.72. The highest BCUT2D eigenvalue weighted by Crippen LogP contribution is 2.40. The molecule has 3 aromatic rings.